The van der Waals surface area contributed by atoms with Gasteiger partial charge in [-0.25, -0.2) is 0 Å². The number of benzene rings is 2. The van der Waals surface area contributed by atoms with E-state index in [-0.39, 0.29) is 24.3 Å². The lowest BCUT2D eigenvalue weighted by Crippen LogP contribution is -2.38. The minimum Gasteiger partial charge on any atom is -0.343 e. The summed E-state index contributed by atoms with van der Waals surface area (Å²) in [5.74, 6) is 1.41. The van der Waals surface area contributed by atoms with E-state index in [2.05, 4.69) is 10.6 Å². The Morgan fingerprint density at radius 2 is 1.76 bits per heavy atom. The van der Waals surface area contributed by atoms with Gasteiger partial charge >= 0.3 is 0 Å². The van der Waals surface area contributed by atoms with Gasteiger partial charge in [-0.2, -0.15) is 11.8 Å². The summed E-state index contributed by atoms with van der Waals surface area (Å²) in [6.45, 7) is 1.45. The van der Waals surface area contributed by atoms with Gasteiger partial charge in [0.15, 0.2) is 0 Å². The summed E-state index contributed by atoms with van der Waals surface area (Å²) in [6.07, 6.45) is 0.356. The first-order valence-electron chi connectivity index (χ1n) is 9.29. The monoisotopic (exact) mass is 431 g/mol. The fourth-order valence-electron chi connectivity index (χ4n) is 2.90. The van der Waals surface area contributed by atoms with Gasteiger partial charge in [0, 0.05) is 40.9 Å². The molecule has 0 bridgehead atoms. The number of halogens is 1. The Morgan fingerprint density at radius 3 is 2.45 bits per heavy atom. The SMILES string of the molecule is O=C(CNC(=O)c1cccc(Cl)c1)Nc1ccc(CC(=O)N2CCSCC2)cc1. The van der Waals surface area contributed by atoms with Crippen LogP contribution in [0.15, 0.2) is 48.5 Å². The fourth-order valence-corrected chi connectivity index (χ4v) is 4.00. The summed E-state index contributed by atoms with van der Waals surface area (Å²) < 4.78 is 0. The third kappa shape index (κ3) is 6.51. The van der Waals surface area contributed by atoms with Crippen molar-refractivity contribution in [3.05, 3.63) is 64.7 Å². The van der Waals surface area contributed by atoms with Crippen molar-refractivity contribution in [3.8, 4) is 0 Å². The summed E-state index contributed by atoms with van der Waals surface area (Å²) in [7, 11) is 0. The molecule has 3 amide bonds. The highest BCUT2D eigenvalue weighted by atomic mass is 35.5. The maximum absolute atomic E-state index is 12.3. The zero-order valence-electron chi connectivity index (χ0n) is 15.8. The number of hydrogen-bond acceptors (Lipinski definition) is 4. The Hall–Kier alpha value is -2.51. The highest BCUT2D eigenvalue weighted by molar-refractivity contribution is 7.99. The summed E-state index contributed by atoms with van der Waals surface area (Å²) in [6, 6.07) is 13.7. The Balaban J connectivity index is 1.45. The zero-order chi connectivity index (χ0) is 20.6. The van der Waals surface area contributed by atoms with Crippen LogP contribution in [-0.2, 0) is 16.0 Å². The molecule has 0 spiro atoms. The number of thioether (sulfide) groups is 1. The zero-order valence-corrected chi connectivity index (χ0v) is 17.4. The van der Waals surface area contributed by atoms with Crippen LogP contribution in [0, 0.1) is 0 Å². The predicted molar refractivity (Wildman–Crippen MR) is 116 cm³/mol. The second kappa shape index (κ2) is 10.3. The first kappa shape index (κ1) is 21.2. The van der Waals surface area contributed by atoms with Crippen molar-refractivity contribution in [2.75, 3.05) is 36.5 Å². The maximum Gasteiger partial charge on any atom is 0.251 e. The van der Waals surface area contributed by atoms with Gasteiger partial charge in [-0.05, 0) is 35.9 Å². The fraction of sp³-hybridized carbons (Fsp3) is 0.286. The first-order valence-corrected chi connectivity index (χ1v) is 10.8. The highest BCUT2D eigenvalue weighted by Gasteiger charge is 2.17. The Labute approximate surface area is 179 Å². The van der Waals surface area contributed by atoms with Crippen LogP contribution in [-0.4, -0.2) is 53.8 Å². The molecule has 3 rings (SSSR count). The van der Waals surface area contributed by atoms with Gasteiger partial charge in [-0.1, -0.05) is 29.8 Å². The molecule has 2 aromatic carbocycles. The molecule has 2 aromatic rings. The summed E-state index contributed by atoms with van der Waals surface area (Å²) in [5.41, 5.74) is 1.91. The number of nitrogens with one attached hydrogen (secondary N) is 2. The molecule has 8 heteroatoms. The van der Waals surface area contributed by atoms with Gasteiger partial charge in [-0.15, -0.1) is 0 Å². The van der Waals surface area contributed by atoms with Crippen LogP contribution in [0.3, 0.4) is 0 Å². The van der Waals surface area contributed by atoms with Crippen LogP contribution in [0.1, 0.15) is 15.9 Å². The first-order chi connectivity index (χ1) is 14.0. The minimum absolute atomic E-state index is 0.130. The van der Waals surface area contributed by atoms with Crippen LogP contribution >= 0.6 is 23.4 Å². The summed E-state index contributed by atoms with van der Waals surface area (Å²) in [5, 5.41) is 5.74. The third-order valence-corrected chi connectivity index (χ3v) is 5.63. The van der Waals surface area contributed by atoms with Gasteiger partial charge in [0.05, 0.1) is 13.0 Å². The lowest BCUT2D eigenvalue weighted by molar-refractivity contribution is -0.130. The van der Waals surface area contributed by atoms with Crippen molar-refractivity contribution in [3.63, 3.8) is 0 Å². The van der Waals surface area contributed by atoms with Crippen LogP contribution in [0.25, 0.3) is 0 Å². The number of amides is 3. The topological polar surface area (TPSA) is 78.5 Å². The van der Waals surface area contributed by atoms with E-state index in [0.29, 0.717) is 22.7 Å². The van der Waals surface area contributed by atoms with E-state index in [4.69, 9.17) is 11.6 Å². The minimum atomic E-state index is -0.368. The molecule has 1 aliphatic heterocycles. The van der Waals surface area contributed by atoms with Gasteiger partial charge < -0.3 is 15.5 Å². The molecule has 1 fully saturated rings. The van der Waals surface area contributed by atoms with Crippen molar-refractivity contribution < 1.29 is 14.4 Å². The average Bonchev–Trinajstić information content (AvgIpc) is 2.74. The quantitative estimate of drug-likeness (QED) is 0.737. The normalized spacial score (nSPS) is 13.6. The number of anilines is 1. The number of rotatable bonds is 6. The molecule has 0 aromatic heterocycles. The van der Waals surface area contributed by atoms with Crippen LogP contribution in [0.2, 0.25) is 5.02 Å². The van der Waals surface area contributed by atoms with Crippen molar-refractivity contribution >= 4 is 46.8 Å². The largest absolute Gasteiger partial charge is 0.343 e. The number of carbonyl (C=O) groups excluding carboxylic acids is 3. The van der Waals surface area contributed by atoms with Crippen LogP contribution in [0.4, 0.5) is 5.69 Å². The molecule has 0 aliphatic carbocycles. The van der Waals surface area contributed by atoms with E-state index in [1.165, 1.54) is 6.07 Å². The lowest BCUT2D eigenvalue weighted by atomic mass is 10.1. The summed E-state index contributed by atoms with van der Waals surface area (Å²) >= 11 is 7.73. The molecule has 29 heavy (non-hydrogen) atoms. The van der Waals surface area contributed by atoms with Crippen LogP contribution < -0.4 is 10.6 Å². The number of hydrogen-bond donors (Lipinski definition) is 2. The van der Waals surface area contributed by atoms with E-state index in [1.807, 2.05) is 28.8 Å². The number of carbonyl (C=O) groups is 3. The Morgan fingerprint density at radius 1 is 1.03 bits per heavy atom. The van der Waals surface area contributed by atoms with Crippen molar-refractivity contribution in [2.45, 2.75) is 6.42 Å². The second-order valence-corrected chi connectivity index (χ2v) is 8.27. The molecule has 1 saturated heterocycles. The van der Waals surface area contributed by atoms with Gasteiger partial charge in [0.1, 0.15) is 0 Å². The van der Waals surface area contributed by atoms with E-state index in [0.717, 1.165) is 30.2 Å². The van der Waals surface area contributed by atoms with E-state index in [1.54, 1.807) is 30.3 Å². The number of nitrogens with zero attached hydrogens (tertiary/aromatic N) is 1. The predicted octanol–water partition coefficient (Wildman–Crippen LogP) is 2.83. The smallest absolute Gasteiger partial charge is 0.251 e. The molecular formula is C21H22ClN3O3S. The second-order valence-electron chi connectivity index (χ2n) is 6.61. The molecule has 0 unspecified atom stereocenters. The molecule has 0 atom stereocenters. The maximum atomic E-state index is 12.3. The van der Waals surface area contributed by atoms with Crippen molar-refractivity contribution in [1.82, 2.24) is 10.2 Å². The van der Waals surface area contributed by atoms with Gasteiger partial charge in [0.25, 0.3) is 5.91 Å². The molecule has 152 valence electrons. The van der Waals surface area contributed by atoms with E-state index in [9.17, 15) is 14.4 Å². The highest BCUT2D eigenvalue weighted by Crippen LogP contribution is 2.14. The molecule has 0 saturated carbocycles. The molecule has 0 radical (unpaired) electrons. The van der Waals surface area contributed by atoms with Crippen molar-refractivity contribution in [2.24, 2.45) is 0 Å². The summed E-state index contributed by atoms with van der Waals surface area (Å²) in [4.78, 5) is 38.3. The Kier molecular flexibility index (Phi) is 7.55. The molecular weight excluding hydrogens is 410 g/mol. The van der Waals surface area contributed by atoms with Crippen molar-refractivity contribution in [1.29, 1.82) is 0 Å². The Bertz CT molecular complexity index is 883. The van der Waals surface area contributed by atoms with E-state index < -0.39 is 0 Å². The molecule has 2 N–H and O–H groups in total. The lowest BCUT2D eigenvalue weighted by Gasteiger charge is -2.26. The van der Waals surface area contributed by atoms with Gasteiger partial charge in [0.2, 0.25) is 11.8 Å². The molecule has 1 heterocycles. The van der Waals surface area contributed by atoms with E-state index >= 15 is 0 Å². The molecule has 6 nitrogen and oxygen atoms in total. The molecule has 1 aliphatic rings. The third-order valence-electron chi connectivity index (χ3n) is 4.45. The van der Waals surface area contributed by atoms with Gasteiger partial charge in [-0.3, -0.25) is 14.4 Å². The average molecular weight is 432 g/mol. The van der Waals surface area contributed by atoms with Crippen LogP contribution in [0.5, 0.6) is 0 Å². The standard InChI is InChI=1S/C21H22ClN3O3S/c22-17-3-1-2-16(13-17)21(28)23-14-19(26)24-18-6-4-15(5-7-18)12-20(27)25-8-10-29-11-9-25/h1-7,13H,8-12,14H2,(H,23,28)(H,24,26).